The fourth-order valence-corrected chi connectivity index (χ4v) is 3.39. The highest BCUT2D eigenvalue weighted by Crippen LogP contribution is 2.15. The predicted octanol–water partition coefficient (Wildman–Crippen LogP) is 11.9. The van der Waals surface area contributed by atoms with Gasteiger partial charge in [0, 0.05) is 0 Å². The molecule has 0 atom stereocenters. The van der Waals surface area contributed by atoms with Gasteiger partial charge in [-0.05, 0) is 88.5 Å². The lowest BCUT2D eigenvalue weighted by molar-refractivity contribution is 0.0689. The van der Waals surface area contributed by atoms with Crippen LogP contribution in [0.15, 0.2) is 154 Å². The summed E-state index contributed by atoms with van der Waals surface area (Å²) in [4.78, 5) is 0. The zero-order valence-electron chi connectivity index (χ0n) is 27.5. The predicted molar refractivity (Wildman–Crippen MR) is 187 cm³/mol. The first-order valence-corrected chi connectivity index (χ1v) is 14.7. The van der Waals surface area contributed by atoms with Crippen LogP contribution in [0.1, 0.15) is 88.5 Å². The van der Waals surface area contributed by atoms with Gasteiger partial charge >= 0.3 is 0 Å². The Morgan fingerprint density at radius 2 is 0.780 bits per heavy atom. The maximum absolute atomic E-state index is 9.81. The number of allylic oxidation sites excluding steroid dienone is 26. The van der Waals surface area contributed by atoms with E-state index in [4.69, 9.17) is 0 Å². The monoisotopic (exact) mass is 552 g/mol. The lowest BCUT2D eigenvalue weighted by atomic mass is 9.99. The molecule has 0 aromatic heterocycles. The van der Waals surface area contributed by atoms with Crippen LogP contribution in [-0.2, 0) is 0 Å². The summed E-state index contributed by atoms with van der Waals surface area (Å²) in [5.74, 6) is 0. The molecule has 0 fully saturated rings. The molecule has 1 heteroatoms. The van der Waals surface area contributed by atoms with E-state index in [-0.39, 0.29) is 0 Å². The molecule has 0 aliphatic heterocycles. The lowest BCUT2D eigenvalue weighted by Crippen LogP contribution is -2.17. The first kappa shape index (κ1) is 37.6. The highest BCUT2D eigenvalue weighted by Gasteiger charge is 2.10. The molecule has 41 heavy (non-hydrogen) atoms. The fourth-order valence-electron chi connectivity index (χ4n) is 3.39. The van der Waals surface area contributed by atoms with Gasteiger partial charge in [0.1, 0.15) is 0 Å². The minimum atomic E-state index is -0.576. The van der Waals surface area contributed by atoms with Gasteiger partial charge in [0.05, 0.1) is 5.60 Å². The van der Waals surface area contributed by atoms with Gasteiger partial charge in [0.2, 0.25) is 0 Å². The molecule has 0 saturated carbocycles. The molecule has 0 heterocycles. The van der Waals surface area contributed by atoms with Crippen LogP contribution in [0, 0.1) is 0 Å². The average molecular weight is 553 g/mol. The summed E-state index contributed by atoms with van der Waals surface area (Å²) >= 11 is 0. The van der Waals surface area contributed by atoms with Crippen molar-refractivity contribution in [1.82, 2.24) is 0 Å². The third kappa shape index (κ3) is 26.6. The summed E-state index contributed by atoms with van der Waals surface area (Å²) < 4.78 is 0. The van der Waals surface area contributed by atoms with Crippen LogP contribution >= 0.6 is 0 Å². The second-order valence-electron chi connectivity index (χ2n) is 11.7. The van der Waals surface area contributed by atoms with Crippen LogP contribution in [-0.4, -0.2) is 10.7 Å². The maximum atomic E-state index is 9.81. The van der Waals surface area contributed by atoms with Crippen molar-refractivity contribution in [3.8, 4) is 0 Å². The van der Waals surface area contributed by atoms with Crippen LogP contribution in [0.2, 0.25) is 0 Å². The normalized spacial score (nSPS) is 15.8. The summed E-state index contributed by atoms with van der Waals surface area (Å²) in [6.07, 6.45) is 42.9. The van der Waals surface area contributed by atoms with Crippen molar-refractivity contribution in [3.63, 3.8) is 0 Å². The Hall–Kier alpha value is -3.42. The summed E-state index contributed by atoms with van der Waals surface area (Å²) in [5, 5.41) is 9.81. The fraction of sp³-hybridized carbons (Fsp3) is 0.350. The Bertz CT molecular complexity index is 1180. The molecule has 0 radical (unpaired) electrons. The molecule has 0 aliphatic rings. The largest absolute Gasteiger partial charge is 0.390 e. The second kappa shape index (κ2) is 22.3. The van der Waals surface area contributed by atoms with E-state index in [1.807, 2.05) is 13.8 Å². The van der Waals surface area contributed by atoms with Gasteiger partial charge in [0.25, 0.3) is 0 Å². The van der Waals surface area contributed by atoms with Crippen molar-refractivity contribution in [2.24, 2.45) is 0 Å². The van der Waals surface area contributed by atoms with Crippen molar-refractivity contribution < 1.29 is 5.11 Å². The van der Waals surface area contributed by atoms with Gasteiger partial charge in [-0.15, -0.1) is 0 Å². The Labute approximate surface area is 253 Å². The SMILES string of the molecule is CC(C)=CC=CC(C)=CC=CC(C)=CC=CC(C)=CC=CC=C(C)C=CC=C(C)C=CC=C(C)CCCC(C)(C)O. The molecule has 1 N–H and O–H groups in total. The smallest absolute Gasteiger partial charge is 0.0591 e. The molecule has 0 unspecified atom stereocenters. The first-order chi connectivity index (χ1) is 19.3. The van der Waals surface area contributed by atoms with E-state index >= 15 is 0 Å². The van der Waals surface area contributed by atoms with Crippen molar-refractivity contribution >= 4 is 0 Å². The quantitative estimate of drug-likeness (QED) is 0.189. The highest BCUT2D eigenvalue weighted by molar-refractivity contribution is 5.33. The molecule has 1 nitrogen and oxygen atoms in total. The van der Waals surface area contributed by atoms with Gasteiger partial charge in [-0.3, -0.25) is 0 Å². The van der Waals surface area contributed by atoms with Gasteiger partial charge in [-0.2, -0.15) is 0 Å². The molecule has 0 spiro atoms. The van der Waals surface area contributed by atoms with Gasteiger partial charge in [-0.1, -0.05) is 154 Å². The van der Waals surface area contributed by atoms with Crippen molar-refractivity contribution in [1.29, 1.82) is 0 Å². The molecule has 0 rings (SSSR count). The summed E-state index contributed by atoms with van der Waals surface area (Å²) in [7, 11) is 0. The molecule has 0 bridgehead atoms. The van der Waals surface area contributed by atoms with Crippen molar-refractivity contribution in [2.75, 3.05) is 0 Å². The maximum Gasteiger partial charge on any atom is 0.0591 e. The topological polar surface area (TPSA) is 20.2 Å². The molecular formula is C40H56O. The minimum Gasteiger partial charge on any atom is -0.390 e. The lowest BCUT2D eigenvalue weighted by Gasteiger charge is -2.16. The molecule has 0 aromatic carbocycles. The van der Waals surface area contributed by atoms with Crippen molar-refractivity contribution in [3.05, 3.63) is 154 Å². The molecule has 0 aliphatic carbocycles. The van der Waals surface area contributed by atoms with Crippen LogP contribution in [0.25, 0.3) is 0 Å². The van der Waals surface area contributed by atoms with Gasteiger partial charge in [-0.25, -0.2) is 0 Å². The average Bonchev–Trinajstić information content (AvgIpc) is 2.85. The van der Waals surface area contributed by atoms with E-state index < -0.39 is 5.60 Å². The standard InChI is InChI=1S/C40H56O/c1-33(2)19-13-22-36(5)25-16-28-37(6)26-14-23-34(3)20-11-12-21-35(4)24-15-27-38(7)29-17-30-39(8)31-18-32-40(9,10)41/h11-17,19-30,41H,18,31-32H2,1-10H3. The highest BCUT2D eigenvalue weighted by atomic mass is 16.3. The zero-order valence-corrected chi connectivity index (χ0v) is 27.5. The third-order valence-corrected chi connectivity index (χ3v) is 5.87. The van der Waals surface area contributed by atoms with Gasteiger partial charge in [0.15, 0.2) is 0 Å². The number of hydrogen-bond donors (Lipinski definition) is 1. The van der Waals surface area contributed by atoms with Crippen LogP contribution in [0.3, 0.4) is 0 Å². The Morgan fingerprint density at radius 3 is 1.12 bits per heavy atom. The van der Waals surface area contributed by atoms with Crippen LogP contribution < -0.4 is 0 Å². The minimum absolute atomic E-state index is 0.576. The molecule has 0 aromatic rings. The van der Waals surface area contributed by atoms with E-state index in [9.17, 15) is 5.11 Å². The zero-order chi connectivity index (χ0) is 31.1. The molecule has 0 amide bonds. The van der Waals surface area contributed by atoms with E-state index in [2.05, 4.69) is 171 Å². The summed E-state index contributed by atoms with van der Waals surface area (Å²) in [6, 6.07) is 0. The van der Waals surface area contributed by atoms with Crippen LogP contribution in [0.5, 0.6) is 0 Å². The summed E-state index contributed by atoms with van der Waals surface area (Å²) in [6.45, 7) is 20.6. The third-order valence-electron chi connectivity index (χ3n) is 5.87. The molecular weight excluding hydrogens is 496 g/mol. The molecule has 0 saturated heterocycles. The van der Waals surface area contributed by atoms with E-state index in [0.717, 1.165) is 19.3 Å². The second-order valence-corrected chi connectivity index (χ2v) is 11.7. The Morgan fingerprint density at radius 1 is 0.463 bits per heavy atom. The Balaban J connectivity index is 4.73. The first-order valence-electron chi connectivity index (χ1n) is 14.7. The Kier molecular flexibility index (Phi) is 20.4. The van der Waals surface area contributed by atoms with E-state index in [0.29, 0.717) is 0 Å². The van der Waals surface area contributed by atoms with Crippen LogP contribution in [0.4, 0.5) is 0 Å². The molecule has 222 valence electrons. The number of rotatable bonds is 16. The number of hydrogen-bond acceptors (Lipinski definition) is 1. The van der Waals surface area contributed by atoms with E-state index in [1.54, 1.807) is 0 Å². The number of aliphatic hydroxyl groups is 1. The van der Waals surface area contributed by atoms with E-state index in [1.165, 1.54) is 39.0 Å². The summed E-state index contributed by atoms with van der Waals surface area (Å²) in [5.41, 5.74) is 8.08. The van der Waals surface area contributed by atoms with Crippen molar-refractivity contribution in [2.45, 2.75) is 94.1 Å². The van der Waals surface area contributed by atoms with Gasteiger partial charge < -0.3 is 5.11 Å².